The number of nitrogens with two attached hydrogens (primary N) is 1. The van der Waals surface area contributed by atoms with Gasteiger partial charge in [0, 0.05) is 36.0 Å². The lowest BCUT2D eigenvalue weighted by atomic mass is 10.2. The average Bonchev–Trinajstić information content (AvgIpc) is 2.37. The number of hydrogen-bond acceptors (Lipinski definition) is 4. The van der Waals surface area contributed by atoms with Gasteiger partial charge >= 0.3 is 0 Å². The van der Waals surface area contributed by atoms with E-state index in [4.69, 9.17) is 10.5 Å². The lowest BCUT2D eigenvalue weighted by Gasteiger charge is -2.33. The van der Waals surface area contributed by atoms with Gasteiger partial charge in [0.2, 0.25) is 0 Å². The quantitative estimate of drug-likeness (QED) is 0.665. The predicted octanol–water partition coefficient (Wildman–Crippen LogP) is 2.72. The molecule has 0 bridgehead atoms. The highest BCUT2D eigenvalue weighted by atomic mass is 32.2. The lowest BCUT2D eigenvalue weighted by molar-refractivity contribution is -0.0191. The highest BCUT2D eigenvalue weighted by Gasteiger charge is 2.21. The molecule has 2 rings (SSSR count). The van der Waals surface area contributed by atoms with E-state index in [2.05, 4.69) is 24.8 Å². The predicted molar refractivity (Wildman–Crippen MR) is 82.6 cm³/mol. The van der Waals surface area contributed by atoms with Gasteiger partial charge in [0.25, 0.3) is 0 Å². The summed E-state index contributed by atoms with van der Waals surface area (Å²) >= 11 is 1.80. The van der Waals surface area contributed by atoms with E-state index < -0.39 is 0 Å². The second-order valence-corrected chi connectivity index (χ2v) is 6.56. The number of thioether (sulfide) groups is 1. The van der Waals surface area contributed by atoms with Crippen molar-refractivity contribution in [2.24, 2.45) is 5.92 Å². The summed E-state index contributed by atoms with van der Waals surface area (Å²) in [5, 5.41) is 0. The van der Waals surface area contributed by atoms with Gasteiger partial charge < -0.3 is 10.5 Å². The fourth-order valence-corrected chi connectivity index (χ4v) is 3.33. The van der Waals surface area contributed by atoms with Gasteiger partial charge in [0.1, 0.15) is 0 Å². The molecule has 0 radical (unpaired) electrons. The van der Waals surface area contributed by atoms with Crippen LogP contribution in [0, 0.1) is 5.92 Å². The number of morpholine rings is 1. The van der Waals surface area contributed by atoms with Crippen molar-refractivity contribution in [3.05, 3.63) is 24.3 Å². The summed E-state index contributed by atoms with van der Waals surface area (Å²) in [4.78, 5) is 3.67. The van der Waals surface area contributed by atoms with Crippen molar-refractivity contribution in [1.29, 1.82) is 0 Å². The van der Waals surface area contributed by atoms with Crippen LogP contribution in [0.15, 0.2) is 29.2 Å². The highest BCUT2D eigenvalue weighted by Crippen LogP contribution is 2.26. The van der Waals surface area contributed by atoms with Crippen molar-refractivity contribution in [2.45, 2.75) is 24.8 Å². The zero-order chi connectivity index (χ0) is 13.7. The Hall–Kier alpha value is -0.710. The minimum absolute atomic E-state index is 0.317. The van der Waals surface area contributed by atoms with Gasteiger partial charge in [-0.15, -0.1) is 11.8 Å². The smallest absolute Gasteiger partial charge is 0.0796 e. The number of ether oxygens (including phenoxy) is 1. The van der Waals surface area contributed by atoms with Crippen LogP contribution in [-0.2, 0) is 4.74 Å². The Morgan fingerprint density at radius 1 is 1.42 bits per heavy atom. The molecule has 1 fully saturated rings. The van der Waals surface area contributed by atoms with Crippen LogP contribution in [0.3, 0.4) is 0 Å². The number of rotatable bonds is 5. The molecule has 0 saturated carbocycles. The third-order valence-corrected chi connectivity index (χ3v) is 4.41. The van der Waals surface area contributed by atoms with Crippen LogP contribution in [0.1, 0.15) is 13.8 Å². The van der Waals surface area contributed by atoms with Gasteiger partial charge in [-0.1, -0.05) is 26.0 Å². The summed E-state index contributed by atoms with van der Waals surface area (Å²) in [7, 11) is 0. The fraction of sp³-hybridized carbons (Fsp3) is 0.600. The van der Waals surface area contributed by atoms with Crippen LogP contribution in [0.5, 0.6) is 0 Å². The Morgan fingerprint density at radius 3 is 2.95 bits per heavy atom. The molecule has 2 N–H and O–H groups in total. The van der Waals surface area contributed by atoms with E-state index in [1.165, 1.54) is 0 Å². The Morgan fingerprint density at radius 2 is 2.21 bits per heavy atom. The third kappa shape index (κ3) is 4.71. The Balaban J connectivity index is 1.81. The average molecular weight is 280 g/mol. The second-order valence-electron chi connectivity index (χ2n) is 5.50. The zero-order valence-electron chi connectivity index (χ0n) is 11.8. The molecule has 0 spiro atoms. The van der Waals surface area contributed by atoms with Crippen LogP contribution < -0.4 is 5.73 Å². The van der Waals surface area contributed by atoms with Crippen molar-refractivity contribution in [3.8, 4) is 0 Å². The molecule has 1 atom stereocenters. The van der Waals surface area contributed by atoms with E-state index >= 15 is 0 Å². The molecule has 1 aliphatic heterocycles. The first-order valence-corrected chi connectivity index (χ1v) is 7.95. The largest absolute Gasteiger partial charge is 0.398 e. The van der Waals surface area contributed by atoms with Crippen LogP contribution >= 0.6 is 11.8 Å². The van der Waals surface area contributed by atoms with Crippen molar-refractivity contribution >= 4 is 17.4 Å². The summed E-state index contributed by atoms with van der Waals surface area (Å²) < 4.78 is 5.85. The molecule has 3 nitrogen and oxygen atoms in total. The molecule has 0 amide bonds. The maximum absolute atomic E-state index is 5.96. The zero-order valence-corrected chi connectivity index (χ0v) is 12.7. The molecule has 1 aromatic carbocycles. The standard InChI is InChI=1S/C15H24N2OS/c1-12(2)9-17-7-8-18-13(10-17)11-19-15-6-4-3-5-14(15)16/h3-6,12-13H,7-11,16H2,1-2H3. The maximum Gasteiger partial charge on any atom is 0.0796 e. The summed E-state index contributed by atoms with van der Waals surface area (Å²) in [6.07, 6.45) is 0.317. The number of nitrogens with zero attached hydrogens (tertiary/aromatic N) is 1. The summed E-state index contributed by atoms with van der Waals surface area (Å²) in [5.74, 6) is 1.69. The Labute approximate surface area is 120 Å². The topological polar surface area (TPSA) is 38.5 Å². The molecule has 1 heterocycles. The van der Waals surface area contributed by atoms with Crippen LogP contribution in [0.4, 0.5) is 5.69 Å². The van der Waals surface area contributed by atoms with E-state index in [0.717, 1.165) is 48.5 Å². The number of hydrogen-bond donors (Lipinski definition) is 1. The Bertz CT molecular complexity index is 397. The summed E-state index contributed by atoms with van der Waals surface area (Å²) in [6, 6.07) is 8.04. The van der Waals surface area contributed by atoms with Crippen LogP contribution in [0.2, 0.25) is 0 Å². The number of benzene rings is 1. The van der Waals surface area contributed by atoms with Crippen LogP contribution in [0.25, 0.3) is 0 Å². The van der Waals surface area contributed by atoms with Gasteiger partial charge in [-0.3, -0.25) is 4.90 Å². The molecular formula is C15H24N2OS. The molecule has 106 valence electrons. The molecule has 1 aliphatic rings. The van der Waals surface area contributed by atoms with Gasteiger partial charge in [0.05, 0.1) is 12.7 Å². The Kier molecular flexibility index (Phi) is 5.55. The summed E-state index contributed by atoms with van der Waals surface area (Å²) in [5.41, 5.74) is 6.82. The first kappa shape index (κ1) is 14.7. The molecule has 0 aliphatic carbocycles. The third-order valence-electron chi connectivity index (χ3n) is 3.19. The van der Waals surface area contributed by atoms with Gasteiger partial charge in [0.15, 0.2) is 0 Å². The first-order valence-electron chi connectivity index (χ1n) is 6.96. The van der Waals surface area contributed by atoms with E-state index in [1.807, 2.05) is 18.2 Å². The molecule has 4 heteroatoms. The first-order chi connectivity index (χ1) is 9.15. The second kappa shape index (κ2) is 7.17. The molecule has 1 saturated heterocycles. The van der Waals surface area contributed by atoms with Gasteiger partial charge in [-0.25, -0.2) is 0 Å². The molecule has 19 heavy (non-hydrogen) atoms. The van der Waals surface area contributed by atoms with E-state index in [0.29, 0.717) is 6.10 Å². The minimum atomic E-state index is 0.317. The van der Waals surface area contributed by atoms with Gasteiger partial charge in [-0.2, -0.15) is 0 Å². The minimum Gasteiger partial charge on any atom is -0.398 e. The van der Waals surface area contributed by atoms with Crippen molar-refractivity contribution in [3.63, 3.8) is 0 Å². The SMILES string of the molecule is CC(C)CN1CCOC(CSc2ccccc2N)C1. The van der Waals surface area contributed by atoms with E-state index in [-0.39, 0.29) is 0 Å². The van der Waals surface area contributed by atoms with Gasteiger partial charge in [-0.05, 0) is 18.1 Å². The fourth-order valence-electron chi connectivity index (χ4n) is 2.36. The molecule has 0 aromatic heterocycles. The van der Waals surface area contributed by atoms with Crippen molar-refractivity contribution < 1.29 is 4.74 Å². The molecular weight excluding hydrogens is 256 g/mol. The van der Waals surface area contributed by atoms with Crippen molar-refractivity contribution in [1.82, 2.24) is 4.90 Å². The van der Waals surface area contributed by atoms with Crippen molar-refractivity contribution in [2.75, 3.05) is 37.7 Å². The van der Waals surface area contributed by atoms with E-state index in [1.54, 1.807) is 11.8 Å². The lowest BCUT2D eigenvalue weighted by Crippen LogP contribution is -2.44. The normalized spacial score (nSPS) is 20.9. The van der Waals surface area contributed by atoms with Crippen LogP contribution in [-0.4, -0.2) is 43.0 Å². The number of anilines is 1. The van der Waals surface area contributed by atoms with E-state index in [9.17, 15) is 0 Å². The molecule has 1 unspecified atom stereocenters. The maximum atomic E-state index is 5.96. The molecule has 1 aromatic rings. The summed E-state index contributed by atoms with van der Waals surface area (Å²) in [6.45, 7) is 8.65. The highest BCUT2D eigenvalue weighted by molar-refractivity contribution is 7.99. The monoisotopic (exact) mass is 280 g/mol. The number of para-hydroxylation sites is 1. The number of nitrogen functional groups attached to an aromatic ring is 1.